The topological polar surface area (TPSA) is 64.7 Å². The number of hydrogen-bond acceptors (Lipinski definition) is 3. The number of aromatic nitrogens is 4. The minimum Gasteiger partial charge on any atom is -0.394 e. The number of nitrogens with two attached hydrogens (primary N) is 1. The first-order chi connectivity index (χ1) is 9.74. The van der Waals surface area contributed by atoms with Gasteiger partial charge in [0.25, 0.3) is 0 Å². The highest BCUT2D eigenvalue weighted by atomic mass is 15.3. The third kappa shape index (κ3) is 2.64. The van der Waals surface area contributed by atoms with Crippen LogP contribution in [0.1, 0.15) is 25.0 Å². The molecule has 0 aliphatic carbocycles. The molecule has 0 fully saturated rings. The van der Waals surface area contributed by atoms with Crippen LogP contribution in [-0.4, -0.2) is 20.9 Å². The van der Waals surface area contributed by atoms with E-state index in [4.69, 9.17) is 5.73 Å². The van der Waals surface area contributed by atoms with Gasteiger partial charge in [0, 0.05) is 19.5 Å². The molecular formula is C14H23N6+. The monoisotopic (exact) mass is 275 g/mol. The second-order valence-corrected chi connectivity index (χ2v) is 5.49. The fourth-order valence-electron chi connectivity index (χ4n) is 2.75. The molecule has 6 nitrogen and oxygen atoms in total. The lowest BCUT2D eigenvalue weighted by molar-refractivity contribution is -0.671. The van der Waals surface area contributed by atoms with Crippen molar-refractivity contribution in [1.29, 1.82) is 0 Å². The van der Waals surface area contributed by atoms with Crippen LogP contribution in [0.3, 0.4) is 0 Å². The van der Waals surface area contributed by atoms with Gasteiger partial charge < -0.3 is 11.1 Å². The molecule has 0 radical (unpaired) electrons. The van der Waals surface area contributed by atoms with E-state index < -0.39 is 0 Å². The summed E-state index contributed by atoms with van der Waals surface area (Å²) in [5, 5.41) is 7.94. The fraction of sp³-hybridized carbons (Fsp3) is 0.571. The number of imidazole rings is 1. The molecule has 0 aromatic carbocycles. The summed E-state index contributed by atoms with van der Waals surface area (Å²) in [6.45, 7) is 2.89. The Morgan fingerprint density at radius 2 is 2.35 bits per heavy atom. The van der Waals surface area contributed by atoms with E-state index in [1.807, 2.05) is 7.05 Å². The van der Waals surface area contributed by atoms with E-state index in [1.165, 1.54) is 18.5 Å². The molecule has 3 N–H and O–H groups in total. The Bertz CT molecular complexity index is 582. The first kappa shape index (κ1) is 13.0. The molecular weight excluding hydrogens is 252 g/mol. The number of nitrogen functional groups attached to an aromatic ring is 1. The predicted octanol–water partition coefficient (Wildman–Crippen LogP) is 0.930. The van der Waals surface area contributed by atoms with Crippen LogP contribution in [-0.2, 0) is 26.6 Å². The Morgan fingerprint density at radius 3 is 3.10 bits per heavy atom. The quantitative estimate of drug-likeness (QED) is 0.630. The van der Waals surface area contributed by atoms with Crippen molar-refractivity contribution in [3.63, 3.8) is 0 Å². The summed E-state index contributed by atoms with van der Waals surface area (Å²) in [4.78, 5) is 0. The minimum atomic E-state index is 0.845. The van der Waals surface area contributed by atoms with E-state index >= 15 is 0 Å². The third-order valence-electron chi connectivity index (χ3n) is 3.84. The number of anilines is 2. The zero-order chi connectivity index (χ0) is 13.9. The summed E-state index contributed by atoms with van der Waals surface area (Å²) in [5.41, 5.74) is 8.22. The second kappa shape index (κ2) is 5.56. The molecule has 0 saturated carbocycles. The molecule has 3 rings (SSSR count). The first-order valence-electron chi connectivity index (χ1n) is 7.34. The van der Waals surface area contributed by atoms with Gasteiger partial charge in [-0.15, -0.1) is 0 Å². The number of fused-ring (bicyclic) bond motifs is 1. The van der Waals surface area contributed by atoms with E-state index in [9.17, 15) is 0 Å². The standard InChI is InChI=1S/C14H23N6/c1-18-9-10-19(11-18)7-4-6-16-14-13(15)12-5-2-3-8-20(12)17-14/h9-11H,2-8,15H2,1H3,(H,16,17)/q+1. The number of nitrogens with zero attached hydrogens (tertiary/aromatic N) is 4. The van der Waals surface area contributed by atoms with E-state index in [0.717, 1.165) is 44.0 Å². The number of hydrogen-bond donors (Lipinski definition) is 2. The Kier molecular flexibility index (Phi) is 3.62. The van der Waals surface area contributed by atoms with Crippen molar-refractivity contribution >= 4 is 11.5 Å². The lowest BCUT2D eigenvalue weighted by Crippen LogP contribution is -2.23. The minimum absolute atomic E-state index is 0.845. The Morgan fingerprint density at radius 1 is 1.45 bits per heavy atom. The van der Waals surface area contributed by atoms with Gasteiger partial charge in [-0.1, -0.05) is 0 Å². The van der Waals surface area contributed by atoms with E-state index in [0.29, 0.717) is 0 Å². The van der Waals surface area contributed by atoms with Crippen LogP contribution in [0.15, 0.2) is 18.7 Å². The highest BCUT2D eigenvalue weighted by molar-refractivity contribution is 5.64. The lowest BCUT2D eigenvalue weighted by Gasteiger charge is -2.12. The van der Waals surface area contributed by atoms with Crippen molar-refractivity contribution in [2.45, 2.75) is 38.8 Å². The van der Waals surface area contributed by atoms with Crippen molar-refractivity contribution in [3.8, 4) is 0 Å². The van der Waals surface area contributed by atoms with Gasteiger partial charge in [0.15, 0.2) is 5.82 Å². The third-order valence-corrected chi connectivity index (χ3v) is 3.84. The Hall–Kier alpha value is -1.98. The maximum absolute atomic E-state index is 6.17. The molecule has 0 amide bonds. The maximum Gasteiger partial charge on any atom is 0.243 e. The van der Waals surface area contributed by atoms with Crippen molar-refractivity contribution in [2.75, 3.05) is 17.6 Å². The molecule has 0 spiro atoms. The summed E-state index contributed by atoms with van der Waals surface area (Å²) in [7, 11) is 2.03. The molecule has 108 valence electrons. The van der Waals surface area contributed by atoms with Crippen LogP contribution in [0.2, 0.25) is 0 Å². The smallest absolute Gasteiger partial charge is 0.243 e. The van der Waals surface area contributed by atoms with Crippen molar-refractivity contribution in [3.05, 3.63) is 24.4 Å². The van der Waals surface area contributed by atoms with Crippen molar-refractivity contribution in [1.82, 2.24) is 14.3 Å². The van der Waals surface area contributed by atoms with E-state index in [1.54, 1.807) is 0 Å². The maximum atomic E-state index is 6.17. The Labute approximate surface area is 119 Å². The van der Waals surface area contributed by atoms with Crippen molar-refractivity contribution < 1.29 is 4.57 Å². The van der Waals surface area contributed by atoms with Crippen LogP contribution in [0, 0.1) is 0 Å². The molecule has 2 aromatic heterocycles. The zero-order valence-electron chi connectivity index (χ0n) is 12.0. The summed E-state index contributed by atoms with van der Waals surface area (Å²) >= 11 is 0. The van der Waals surface area contributed by atoms with E-state index in [-0.39, 0.29) is 0 Å². The largest absolute Gasteiger partial charge is 0.394 e. The average molecular weight is 275 g/mol. The van der Waals surface area contributed by atoms with Crippen LogP contribution >= 0.6 is 0 Å². The lowest BCUT2D eigenvalue weighted by atomic mass is 10.1. The van der Waals surface area contributed by atoms with Crippen LogP contribution in [0.25, 0.3) is 0 Å². The summed E-state index contributed by atoms with van der Waals surface area (Å²) in [6.07, 6.45) is 10.8. The van der Waals surface area contributed by atoms with Crippen molar-refractivity contribution in [2.24, 2.45) is 7.05 Å². The SMILES string of the molecule is C[n+]1ccn(CCCNc2nn3c(c2N)CCCC3)c1. The molecule has 2 aromatic rings. The summed E-state index contributed by atoms with van der Waals surface area (Å²) < 4.78 is 6.30. The normalized spacial score (nSPS) is 14.2. The molecule has 1 aliphatic heterocycles. The molecule has 0 bridgehead atoms. The van der Waals surface area contributed by atoms with Crippen LogP contribution in [0.5, 0.6) is 0 Å². The van der Waals surface area contributed by atoms with Gasteiger partial charge in [0.1, 0.15) is 12.4 Å². The predicted molar refractivity (Wildman–Crippen MR) is 78.3 cm³/mol. The summed E-state index contributed by atoms with van der Waals surface area (Å²) in [5.74, 6) is 0.861. The molecule has 6 heteroatoms. The number of aryl methyl sites for hydroxylation is 3. The Balaban J connectivity index is 1.52. The molecule has 0 unspecified atom stereocenters. The highest BCUT2D eigenvalue weighted by Crippen LogP contribution is 2.26. The van der Waals surface area contributed by atoms with Crippen LogP contribution in [0.4, 0.5) is 11.5 Å². The molecule has 20 heavy (non-hydrogen) atoms. The van der Waals surface area contributed by atoms with Gasteiger partial charge in [-0.3, -0.25) is 4.68 Å². The highest BCUT2D eigenvalue weighted by Gasteiger charge is 2.17. The molecule has 1 aliphatic rings. The second-order valence-electron chi connectivity index (χ2n) is 5.49. The van der Waals surface area contributed by atoms with Gasteiger partial charge in [-0.05, 0) is 19.3 Å². The van der Waals surface area contributed by atoms with E-state index in [2.05, 4.69) is 43.0 Å². The molecule has 0 atom stereocenters. The molecule has 3 heterocycles. The fourth-order valence-corrected chi connectivity index (χ4v) is 2.75. The van der Waals surface area contributed by atoms with Gasteiger partial charge in [-0.25, -0.2) is 9.13 Å². The molecule has 0 saturated heterocycles. The number of rotatable bonds is 5. The van der Waals surface area contributed by atoms with Gasteiger partial charge in [-0.2, -0.15) is 5.10 Å². The zero-order valence-corrected chi connectivity index (χ0v) is 12.0. The average Bonchev–Trinajstić information content (AvgIpc) is 3.00. The van der Waals surface area contributed by atoms with Gasteiger partial charge >= 0.3 is 0 Å². The number of nitrogens with one attached hydrogen (secondary N) is 1. The van der Waals surface area contributed by atoms with Gasteiger partial charge in [0.05, 0.1) is 25.0 Å². The van der Waals surface area contributed by atoms with Crippen LogP contribution < -0.4 is 15.6 Å². The van der Waals surface area contributed by atoms with Gasteiger partial charge in [0.2, 0.25) is 6.33 Å². The first-order valence-corrected chi connectivity index (χ1v) is 7.34. The summed E-state index contributed by atoms with van der Waals surface area (Å²) in [6, 6.07) is 0.